The first-order chi connectivity index (χ1) is 9.88. The topological polar surface area (TPSA) is 66.4 Å². The molecular weight excluding hydrogens is 304 g/mol. The summed E-state index contributed by atoms with van der Waals surface area (Å²) in [5, 5.41) is 10.7. The summed E-state index contributed by atoms with van der Waals surface area (Å²) in [4.78, 5) is 22.6. The number of nitrogens with one attached hydrogen (secondary N) is 1. The molecule has 0 radical (unpaired) electrons. The van der Waals surface area contributed by atoms with Crippen LogP contribution in [-0.4, -0.2) is 17.0 Å². The van der Waals surface area contributed by atoms with Gasteiger partial charge in [0.2, 0.25) is 0 Å². The van der Waals surface area contributed by atoms with Gasteiger partial charge >= 0.3 is 5.97 Å². The van der Waals surface area contributed by atoms with Crippen molar-refractivity contribution in [3.8, 4) is 0 Å². The van der Waals surface area contributed by atoms with Crippen LogP contribution < -0.4 is 5.32 Å². The van der Waals surface area contributed by atoms with Crippen molar-refractivity contribution in [1.29, 1.82) is 0 Å². The number of hydrogen-bond acceptors (Lipinski definition) is 2. The number of halogens is 3. The fourth-order valence-corrected chi connectivity index (χ4v) is 1.85. The lowest BCUT2D eigenvalue weighted by atomic mass is 10.1. The van der Waals surface area contributed by atoms with Crippen LogP contribution in [0.5, 0.6) is 0 Å². The summed E-state index contributed by atoms with van der Waals surface area (Å²) in [6.07, 6.45) is 0. The van der Waals surface area contributed by atoms with Crippen LogP contribution in [0.15, 0.2) is 36.4 Å². The Hall–Kier alpha value is -2.47. The molecule has 0 aliphatic rings. The first-order valence-corrected chi connectivity index (χ1v) is 6.05. The number of benzene rings is 2. The maximum atomic E-state index is 13.5. The van der Waals surface area contributed by atoms with Crippen LogP contribution in [0.4, 0.5) is 14.5 Å². The molecule has 2 N–H and O–H groups in total. The predicted octanol–water partition coefficient (Wildman–Crippen LogP) is 3.57. The van der Waals surface area contributed by atoms with E-state index in [9.17, 15) is 18.4 Å². The van der Waals surface area contributed by atoms with E-state index in [-0.39, 0.29) is 21.8 Å². The van der Waals surface area contributed by atoms with E-state index >= 15 is 0 Å². The molecule has 0 aliphatic carbocycles. The monoisotopic (exact) mass is 311 g/mol. The second-order valence-electron chi connectivity index (χ2n) is 4.08. The fraction of sp³-hybridized carbons (Fsp3) is 0. The van der Waals surface area contributed by atoms with Crippen LogP contribution in [0.25, 0.3) is 0 Å². The quantitative estimate of drug-likeness (QED) is 0.910. The Morgan fingerprint density at radius 3 is 2.14 bits per heavy atom. The molecule has 108 valence electrons. The van der Waals surface area contributed by atoms with Crippen molar-refractivity contribution in [2.45, 2.75) is 0 Å². The summed E-state index contributed by atoms with van der Waals surface area (Å²) in [5.74, 6) is -3.69. The zero-order chi connectivity index (χ0) is 15.6. The number of anilines is 1. The van der Waals surface area contributed by atoms with Crippen LogP contribution >= 0.6 is 11.6 Å². The normalized spacial score (nSPS) is 10.2. The fourth-order valence-electron chi connectivity index (χ4n) is 1.61. The Kier molecular flexibility index (Phi) is 4.18. The average Bonchev–Trinajstić information content (AvgIpc) is 2.42. The van der Waals surface area contributed by atoms with Gasteiger partial charge in [-0.2, -0.15) is 0 Å². The van der Waals surface area contributed by atoms with E-state index in [1.807, 2.05) is 0 Å². The first kappa shape index (κ1) is 14.9. The molecule has 2 aromatic carbocycles. The van der Waals surface area contributed by atoms with Gasteiger partial charge in [-0.25, -0.2) is 13.6 Å². The number of carbonyl (C=O) groups excluding carboxylic acids is 1. The van der Waals surface area contributed by atoms with Gasteiger partial charge in [-0.05, 0) is 30.3 Å². The van der Waals surface area contributed by atoms with Crippen molar-refractivity contribution < 1.29 is 23.5 Å². The van der Waals surface area contributed by atoms with Gasteiger partial charge in [-0.1, -0.05) is 11.6 Å². The Morgan fingerprint density at radius 1 is 1.05 bits per heavy atom. The third-order valence-electron chi connectivity index (χ3n) is 2.64. The maximum absolute atomic E-state index is 13.5. The lowest BCUT2D eigenvalue weighted by molar-refractivity contribution is 0.0696. The van der Waals surface area contributed by atoms with Gasteiger partial charge in [-0.15, -0.1) is 0 Å². The molecule has 0 atom stereocenters. The van der Waals surface area contributed by atoms with E-state index < -0.39 is 23.5 Å². The van der Waals surface area contributed by atoms with Crippen molar-refractivity contribution in [2.75, 3.05) is 5.32 Å². The summed E-state index contributed by atoms with van der Waals surface area (Å²) < 4.78 is 26.4. The second kappa shape index (κ2) is 5.88. The van der Waals surface area contributed by atoms with Gasteiger partial charge in [0.25, 0.3) is 5.91 Å². The largest absolute Gasteiger partial charge is 0.478 e. The van der Waals surface area contributed by atoms with Crippen LogP contribution in [0, 0.1) is 11.6 Å². The molecule has 7 heteroatoms. The molecule has 0 saturated carbocycles. The van der Waals surface area contributed by atoms with E-state index in [0.29, 0.717) is 6.07 Å². The molecule has 0 spiro atoms. The molecule has 2 aromatic rings. The maximum Gasteiger partial charge on any atom is 0.335 e. The summed E-state index contributed by atoms with van der Waals surface area (Å²) in [5.41, 5.74) is -0.220. The molecule has 4 nitrogen and oxygen atoms in total. The highest BCUT2D eigenvalue weighted by Gasteiger charge is 2.14. The molecule has 21 heavy (non-hydrogen) atoms. The zero-order valence-corrected chi connectivity index (χ0v) is 11.1. The number of carboxylic acid groups (broad SMARTS) is 1. The Labute approximate surface area is 123 Å². The number of carbonyl (C=O) groups is 2. The molecule has 0 unspecified atom stereocenters. The van der Waals surface area contributed by atoms with Gasteiger partial charge in [0.1, 0.15) is 5.82 Å². The highest BCUT2D eigenvalue weighted by Crippen LogP contribution is 2.26. The molecule has 0 heterocycles. The number of aromatic carboxylic acids is 1. The minimum Gasteiger partial charge on any atom is -0.478 e. The standard InChI is InChI=1S/C14H8ClF2NO3/c15-10-5-9(16)6-11(17)12(10)18-13(19)7-1-3-8(4-2-7)14(20)21/h1-6H,(H,18,19)(H,20,21). The molecular formula is C14H8ClF2NO3. The smallest absolute Gasteiger partial charge is 0.335 e. The zero-order valence-electron chi connectivity index (χ0n) is 10.4. The molecule has 1 amide bonds. The Bertz CT molecular complexity index is 694. The van der Waals surface area contributed by atoms with E-state index in [1.54, 1.807) is 0 Å². The summed E-state index contributed by atoms with van der Waals surface area (Å²) >= 11 is 5.66. The minimum absolute atomic E-state index is 0.0116. The summed E-state index contributed by atoms with van der Waals surface area (Å²) in [6.45, 7) is 0. The van der Waals surface area contributed by atoms with Gasteiger partial charge in [0, 0.05) is 11.6 Å². The van der Waals surface area contributed by atoms with E-state index in [2.05, 4.69) is 5.32 Å². The highest BCUT2D eigenvalue weighted by atomic mass is 35.5. The second-order valence-corrected chi connectivity index (χ2v) is 4.49. The predicted molar refractivity (Wildman–Crippen MR) is 72.7 cm³/mol. The van der Waals surface area contributed by atoms with Crippen molar-refractivity contribution in [1.82, 2.24) is 0 Å². The van der Waals surface area contributed by atoms with Crippen LogP contribution in [-0.2, 0) is 0 Å². The molecule has 0 aromatic heterocycles. The molecule has 0 bridgehead atoms. The number of rotatable bonds is 3. The molecule has 0 saturated heterocycles. The Balaban J connectivity index is 2.24. The third-order valence-corrected chi connectivity index (χ3v) is 2.94. The number of amides is 1. The number of hydrogen-bond donors (Lipinski definition) is 2. The van der Waals surface area contributed by atoms with Crippen LogP contribution in [0.2, 0.25) is 5.02 Å². The van der Waals surface area contributed by atoms with Gasteiger partial charge in [-0.3, -0.25) is 4.79 Å². The van der Waals surface area contributed by atoms with Gasteiger partial charge in [0.15, 0.2) is 5.82 Å². The van der Waals surface area contributed by atoms with Crippen molar-refractivity contribution >= 4 is 29.2 Å². The van der Waals surface area contributed by atoms with E-state index in [4.69, 9.17) is 16.7 Å². The number of carboxylic acids is 1. The summed E-state index contributed by atoms with van der Waals surface area (Å²) in [7, 11) is 0. The SMILES string of the molecule is O=C(O)c1ccc(C(=O)Nc2c(F)cc(F)cc2Cl)cc1. The van der Waals surface area contributed by atoms with Gasteiger partial charge in [0.05, 0.1) is 16.3 Å². The molecule has 2 rings (SSSR count). The third kappa shape index (κ3) is 3.35. The summed E-state index contributed by atoms with van der Waals surface area (Å²) in [6, 6.07) is 6.48. The van der Waals surface area contributed by atoms with Crippen LogP contribution in [0.3, 0.4) is 0 Å². The van der Waals surface area contributed by atoms with Crippen molar-refractivity contribution in [3.63, 3.8) is 0 Å². The first-order valence-electron chi connectivity index (χ1n) is 5.67. The average molecular weight is 312 g/mol. The Morgan fingerprint density at radius 2 is 1.62 bits per heavy atom. The van der Waals surface area contributed by atoms with Crippen molar-refractivity contribution in [3.05, 3.63) is 64.2 Å². The lowest BCUT2D eigenvalue weighted by Crippen LogP contribution is -2.14. The molecule has 0 aliphatic heterocycles. The highest BCUT2D eigenvalue weighted by molar-refractivity contribution is 6.34. The van der Waals surface area contributed by atoms with Crippen molar-refractivity contribution in [2.24, 2.45) is 0 Å². The van der Waals surface area contributed by atoms with Gasteiger partial charge < -0.3 is 10.4 Å². The van der Waals surface area contributed by atoms with Crippen LogP contribution in [0.1, 0.15) is 20.7 Å². The van der Waals surface area contributed by atoms with E-state index in [0.717, 1.165) is 6.07 Å². The molecule has 0 fully saturated rings. The lowest BCUT2D eigenvalue weighted by Gasteiger charge is -2.08. The van der Waals surface area contributed by atoms with E-state index in [1.165, 1.54) is 24.3 Å². The minimum atomic E-state index is -1.13.